The Bertz CT molecular complexity index is 699. The number of carbonyl (C=O) groups is 1. The zero-order chi connectivity index (χ0) is 14.4. The van der Waals surface area contributed by atoms with Gasteiger partial charge in [-0.3, -0.25) is 4.79 Å². The number of hydrogen-bond donors (Lipinski definition) is 0. The third-order valence-electron chi connectivity index (χ3n) is 4.01. The van der Waals surface area contributed by atoms with Gasteiger partial charge in [0.25, 0.3) is 0 Å². The van der Waals surface area contributed by atoms with Crippen LogP contribution in [0.4, 0.5) is 0 Å². The lowest BCUT2D eigenvalue weighted by Gasteiger charge is -2.26. The number of fused-ring (bicyclic) bond motifs is 2. The molecule has 108 valence electrons. The van der Waals surface area contributed by atoms with Crippen LogP contribution in [0.5, 0.6) is 0 Å². The second-order valence-corrected chi connectivity index (χ2v) is 5.34. The van der Waals surface area contributed by atoms with Crippen LogP contribution in [-0.2, 0) is 14.3 Å². The van der Waals surface area contributed by atoms with E-state index in [9.17, 15) is 4.79 Å². The van der Waals surface area contributed by atoms with Crippen LogP contribution in [0.2, 0.25) is 0 Å². The Morgan fingerprint density at radius 2 is 2.19 bits per heavy atom. The van der Waals surface area contributed by atoms with Gasteiger partial charge in [0.1, 0.15) is 6.10 Å². The van der Waals surface area contributed by atoms with Crippen molar-refractivity contribution < 1.29 is 14.3 Å². The van der Waals surface area contributed by atoms with E-state index >= 15 is 0 Å². The molecule has 0 radical (unpaired) electrons. The van der Waals surface area contributed by atoms with Gasteiger partial charge in [0.15, 0.2) is 11.6 Å². The van der Waals surface area contributed by atoms with Gasteiger partial charge in [0.2, 0.25) is 6.29 Å². The zero-order valence-corrected chi connectivity index (χ0v) is 11.5. The van der Waals surface area contributed by atoms with E-state index in [-0.39, 0.29) is 17.9 Å². The van der Waals surface area contributed by atoms with Crippen molar-refractivity contribution in [1.82, 2.24) is 20.2 Å². The van der Waals surface area contributed by atoms with Crippen molar-refractivity contribution in [3.8, 4) is 11.4 Å². The molecule has 3 heterocycles. The fourth-order valence-electron chi connectivity index (χ4n) is 2.89. The van der Waals surface area contributed by atoms with E-state index in [2.05, 4.69) is 15.5 Å². The number of tetrazole rings is 1. The number of ketones is 1. The van der Waals surface area contributed by atoms with Gasteiger partial charge >= 0.3 is 0 Å². The predicted molar refractivity (Wildman–Crippen MR) is 71.3 cm³/mol. The molecule has 0 N–H and O–H groups in total. The highest BCUT2D eigenvalue weighted by Crippen LogP contribution is 2.34. The normalized spacial score (nSPS) is 28.0. The molecule has 0 unspecified atom stereocenters. The molecule has 1 aromatic heterocycles. The van der Waals surface area contributed by atoms with Crippen LogP contribution in [0.15, 0.2) is 24.3 Å². The highest BCUT2D eigenvalue weighted by Gasteiger charge is 2.45. The number of nitrogens with zero attached hydrogens (tertiary/aromatic N) is 4. The van der Waals surface area contributed by atoms with E-state index in [0.29, 0.717) is 18.9 Å². The summed E-state index contributed by atoms with van der Waals surface area (Å²) in [5.74, 6) is 0.597. The Kier molecular flexibility index (Phi) is 2.83. The smallest absolute Gasteiger partial charge is 0.218 e. The summed E-state index contributed by atoms with van der Waals surface area (Å²) in [6, 6.07) is 7.66. The summed E-state index contributed by atoms with van der Waals surface area (Å²) in [7, 11) is 0. The molecule has 3 atom stereocenters. The second kappa shape index (κ2) is 4.71. The maximum absolute atomic E-state index is 11.9. The van der Waals surface area contributed by atoms with E-state index in [0.717, 1.165) is 11.1 Å². The highest BCUT2D eigenvalue weighted by atomic mass is 16.7. The van der Waals surface area contributed by atoms with Gasteiger partial charge < -0.3 is 9.47 Å². The first-order chi connectivity index (χ1) is 10.2. The summed E-state index contributed by atoms with van der Waals surface area (Å²) >= 11 is 0. The van der Waals surface area contributed by atoms with E-state index in [1.807, 2.05) is 31.2 Å². The molecule has 2 bridgehead atoms. The minimum atomic E-state index is -0.704. The molecule has 0 spiro atoms. The monoisotopic (exact) mass is 286 g/mol. The Balaban J connectivity index is 1.76. The molecule has 4 rings (SSSR count). The molecule has 2 fully saturated rings. The number of ether oxygens (including phenoxy) is 2. The molecule has 2 aromatic rings. The number of benzene rings is 1. The molecule has 2 saturated heterocycles. The maximum atomic E-state index is 11.9. The van der Waals surface area contributed by atoms with Crippen LogP contribution in [0.1, 0.15) is 18.0 Å². The van der Waals surface area contributed by atoms with Crippen molar-refractivity contribution in [2.24, 2.45) is 0 Å². The molecule has 2 aliphatic heterocycles. The Hall–Kier alpha value is -2.12. The topological polar surface area (TPSA) is 79.1 Å². The van der Waals surface area contributed by atoms with Crippen LogP contribution in [0, 0.1) is 6.92 Å². The standard InChI is InChI=1S/C14H14N4O3/c1-8-4-2-3-5-9(8)13-15-16-17-18(13)10-6-11(19)14-20-7-12(10)21-14/h2-5,10,12,14H,6-7H2,1H3/t10-,12+,14+/m0/s1. The van der Waals surface area contributed by atoms with E-state index in [4.69, 9.17) is 9.47 Å². The minimum absolute atomic E-state index is 0.0556. The summed E-state index contributed by atoms with van der Waals surface area (Å²) in [5.41, 5.74) is 2.04. The van der Waals surface area contributed by atoms with Crippen LogP contribution in [0.3, 0.4) is 0 Å². The summed E-state index contributed by atoms with van der Waals surface area (Å²) in [4.78, 5) is 11.9. The van der Waals surface area contributed by atoms with Crippen molar-refractivity contribution >= 4 is 5.78 Å². The zero-order valence-electron chi connectivity index (χ0n) is 11.5. The lowest BCUT2D eigenvalue weighted by Crippen LogP contribution is -2.37. The molecule has 7 heteroatoms. The first-order valence-corrected chi connectivity index (χ1v) is 6.87. The van der Waals surface area contributed by atoms with Gasteiger partial charge in [-0.15, -0.1) is 5.10 Å². The fourth-order valence-corrected chi connectivity index (χ4v) is 2.89. The number of carbonyl (C=O) groups excluding carboxylic acids is 1. The van der Waals surface area contributed by atoms with Crippen LogP contribution in [0.25, 0.3) is 11.4 Å². The number of rotatable bonds is 2. The van der Waals surface area contributed by atoms with Gasteiger partial charge in [-0.05, 0) is 22.9 Å². The molecule has 7 nitrogen and oxygen atoms in total. The Morgan fingerprint density at radius 1 is 1.33 bits per heavy atom. The number of Topliss-reactive ketones (excluding diaryl/α,β-unsaturated/α-hetero) is 1. The van der Waals surface area contributed by atoms with Crippen LogP contribution in [-0.4, -0.2) is 45.0 Å². The molecule has 0 aliphatic carbocycles. The quantitative estimate of drug-likeness (QED) is 0.816. The highest BCUT2D eigenvalue weighted by molar-refractivity contribution is 5.83. The Labute approximate surface area is 120 Å². The largest absolute Gasteiger partial charge is 0.343 e. The lowest BCUT2D eigenvalue weighted by atomic mass is 10.0. The number of aromatic nitrogens is 4. The van der Waals surface area contributed by atoms with E-state index < -0.39 is 6.29 Å². The molecule has 21 heavy (non-hydrogen) atoms. The second-order valence-electron chi connectivity index (χ2n) is 5.34. The molecule has 0 saturated carbocycles. The molecule has 1 aromatic carbocycles. The molecular weight excluding hydrogens is 272 g/mol. The van der Waals surface area contributed by atoms with Crippen molar-refractivity contribution in [2.45, 2.75) is 31.8 Å². The summed E-state index contributed by atoms with van der Waals surface area (Å²) < 4.78 is 12.6. The number of hydrogen-bond acceptors (Lipinski definition) is 6. The van der Waals surface area contributed by atoms with Crippen molar-refractivity contribution in [1.29, 1.82) is 0 Å². The lowest BCUT2D eigenvalue weighted by molar-refractivity contribution is -0.156. The predicted octanol–water partition coefficient (Wildman–Crippen LogP) is 0.904. The van der Waals surface area contributed by atoms with Gasteiger partial charge in [-0.25, -0.2) is 4.68 Å². The third kappa shape index (κ3) is 1.97. The van der Waals surface area contributed by atoms with Gasteiger partial charge in [-0.2, -0.15) is 0 Å². The molecular formula is C14H14N4O3. The minimum Gasteiger partial charge on any atom is -0.343 e. The van der Waals surface area contributed by atoms with Crippen molar-refractivity contribution in [2.75, 3.05) is 6.61 Å². The SMILES string of the molecule is Cc1ccccc1-c1nnnn1[C@H]1CC(=O)[C@@H]2OC[C@H]1O2. The van der Waals surface area contributed by atoms with Crippen molar-refractivity contribution in [3.63, 3.8) is 0 Å². The summed E-state index contributed by atoms with van der Waals surface area (Å²) in [6.07, 6.45) is -0.553. The van der Waals surface area contributed by atoms with Gasteiger partial charge in [-0.1, -0.05) is 24.3 Å². The first kappa shape index (κ1) is 12.6. The Morgan fingerprint density at radius 3 is 3.05 bits per heavy atom. The fraction of sp³-hybridized carbons (Fsp3) is 0.429. The third-order valence-corrected chi connectivity index (χ3v) is 4.01. The number of aryl methyl sites for hydroxylation is 1. The molecule has 2 aliphatic rings. The van der Waals surface area contributed by atoms with Crippen molar-refractivity contribution in [3.05, 3.63) is 29.8 Å². The van der Waals surface area contributed by atoms with Gasteiger partial charge in [0.05, 0.1) is 12.6 Å². The average Bonchev–Trinajstić information content (AvgIpc) is 3.12. The maximum Gasteiger partial charge on any atom is 0.218 e. The van der Waals surface area contributed by atoms with Gasteiger partial charge in [0, 0.05) is 12.0 Å². The van der Waals surface area contributed by atoms with E-state index in [1.54, 1.807) is 4.68 Å². The first-order valence-electron chi connectivity index (χ1n) is 6.87. The van der Waals surface area contributed by atoms with Crippen LogP contribution >= 0.6 is 0 Å². The average molecular weight is 286 g/mol. The van der Waals surface area contributed by atoms with Crippen LogP contribution < -0.4 is 0 Å². The van der Waals surface area contributed by atoms with E-state index in [1.165, 1.54) is 0 Å². The summed E-state index contributed by atoms with van der Waals surface area (Å²) in [6.45, 7) is 2.40. The molecule has 0 amide bonds. The summed E-state index contributed by atoms with van der Waals surface area (Å²) in [5, 5.41) is 12.0.